The molecule has 0 aliphatic rings. The van der Waals surface area contributed by atoms with Gasteiger partial charge in [0, 0.05) is 48.1 Å². The zero-order valence-electron chi connectivity index (χ0n) is 20.8. The summed E-state index contributed by atoms with van der Waals surface area (Å²) in [5, 5.41) is 34.5. The summed E-state index contributed by atoms with van der Waals surface area (Å²) >= 11 is 0. The van der Waals surface area contributed by atoms with E-state index in [1.807, 2.05) is 12.1 Å². The van der Waals surface area contributed by atoms with Gasteiger partial charge >= 0.3 is 5.97 Å². The van der Waals surface area contributed by atoms with Crippen molar-refractivity contribution in [3.8, 4) is 11.8 Å². The van der Waals surface area contributed by atoms with Crippen molar-refractivity contribution in [2.45, 2.75) is 51.2 Å². The number of nitriles is 1. The molecule has 0 aliphatic carbocycles. The standard InChI is InChI=1S/C28H32N2O4.Na/c1-28(2,16-21-11-12-22-7-3-4-8-23(22)14-21)30-18-25(31)19-34-26-15-20(6-5-9-27(32)33)10-13-24(26)17-29;/h3-4,7-8,10-15,25,30-31H,5-6,9,16,18-19H2,1-2H3,(H,32,33);/t25-;/m1./s1. The van der Waals surface area contributed by atoms with Gasteiger partial charge in [-0.3, -0.25) is 4.79 Å². The van der Waals surface area contributed by atoms with Gasteiger partial charge in [0.15, 0.2) is 0 Å². The SMILES string of the molecule is CC(C)(Cc1ccc2ccccc2c1)NC[C@@H](O)COc1cc(CCCC(=O)O)ccc1C#N.[Na]. The fourth-order valence-corrected chi connectivity index (χ4v) is 3.94. The van der Waals surface area contributed by atoms with E-state index in [1.165, 1.54) is 16.3 Å². The van der Waals surface area contributed by atoms with Gasteiger partial charge in [0.25, 0.3) is 0 Å². The molecule has 6 nitrogen and oxygen atoms in total. The van der Waals surface area contributed by atoms with E-state index in [1.54, 1.807) is 18.2 Å². The molecule has 0 bridgehead atoms. The van der Waals surface area contributed by atoms with Crippen molar-refractivity contribution in [1.82, 2.24) is 5.32 Å². The van der Waals surface area contributed by atoms with Crippen molar-refractivity contribution in [3.05, 3.63) is 77.4 Å². The summed E-state index contributed by atoms with van der Waals surface area (Å²) in [5.74, 6) is -0.422. The van der Waals surface area contributed by atoms with Crippen LogP contribution >= 0.6 is 0 Å². The van der Waals surface area contributed by atoms with Gasteiger partial charge in [0.2, 0.25) is 0 Å². The van der Waals surface area contributed by atoms with Crippen molar-refractivity contribution in [2.75, 3.05) is 13.2 Å². The van der Waals surface area contributed by atoms with Crippen molar-refractivity contribution < 1.29 is 19.7 Å². The molecule has 0 aliphatic heterocycles. The van der Waals surface area contributed by atoms with Crippen LogP contribution in [0.25, 0.3) is 10.8 Å². The summed E-state index contributed by atoms with van der Waals surface area (Å²) in [6, 6.07) is 22.1. The number of β-amino-alcohol motifs (C(OH)–C–C–N with tert-alkyl or cyclic N) is 1. The second kappa shape index (κ2) is 13.6. The monoisotopic (exact) mass is 483 g/mol. The molecule has 7 heteroatoms. The zero-order chi connectivity index (χ0) is 24.6. The Labute approximate surface area is 229 Å². The van der Waals surface area contributed by atoms with Crippen molar-refractivity contribution in [1.29, 1.82) is 5.26 Å². The Morgan fingerprint density at radius 1 is 1.09 bits per heavy atom. The third-order valence-corrected chi connectivity index (χ3v) is 5.73. The first kappa shape index (κ1) is 28.8. The van der Waals surface area contributed by atoms with Gasteiger partial charge in [-0.2, -0.15) is 5.26 Å². The summed E-state index contributed by atoms with van der Waals surface area (Å²) < 4.78 is 5.76. The Hall–Kier alpha value is -2.40. The van der Waals surface area contributed by atoms with Crippen molar-refractivity contribution in [3.63, 3.8) is 0 Å². The molecule has 3 aromatic rings. The van der Waals surface area contributed by atoms with E-state index in [0.717, 1.165) is 12.0 Å². The van der Waals surface area contributed by atoms with Gasteiger partial charge in [-0.25, -0.2) is 0 Å². The third kappa shape index (κ3) is 9.29. The summed E-state index contributed by atoms with van der Waals surface area (Å²) in [5.41, 5.74) is 2.28. The molecule has 0 unspecified atom stereocenters. The number of carboxylic acid groups (broad SMARTS) is 1. The number of nitrogens with one attached hydrogen (secondary N) is 1. The van der Waals surface area contributed by atoms with E-state index in [2.05, 4.69) is 55.6 Å². The average Bonchev–Trinajstić information content (AvgIpc) is 2.81. The predicted octanol–water partition coefficient (Wildman–Crippen LogP) is 4.09. The van der Waals surface area contributed by atoms with Crippen molar-refractivity contribution in [2.24, 2.45) is 0 Å². The second-order valence-electron chi connectivity index (χ2n) is 9.28. The number of aliphatic carboxylic acids is 1. The van der Waals surface area contributed by atoms with E-state index in [4.69, 9.17) is 9.84 Å². The van der Waals surface area contributed by atoms with Crippen LogP contribution in [-0.2, 0) is 17.6 Å². The minimum Gasteiger partial charge on any atom is -0.489 e. The average molecular weight is 484 g/mol. The molecule has 3 aromatic carbocycles. The maximum absolute atomic E-state index is 10.7. The molecule has 1 radical (unpaired) electrons. The van der Waals surface area contributed by atoms with Crippen LogP contribution in [0, 0.1) is 11.3 Å². The molecule has 3 N–H and O–H groups in total. The second-order valence-corrected chi connectivity index (χ2v) is 9.28. The van der Waals surface area contributed by atoms with Gasteiger partial charge in [-0.1, -0.05) is 48.5 Å². The van der Waals surface area contributed by atoms with E-state index in [-0.39, 0.29) is 48.1 Å². The molecule has 0 amide bonds. The smallest absolute Gasteiger partial charge is 0.303 e. The van der Waals surface area contributed by atoms with Gasteiger partial charge in [0.05, 0.1) is 5.56 Å². The Morgan fingerprint density at radius 3 is 2.51 bits per heavy atom. The van der Waals surface area contributed by atoms with Crippen molar-refractivity contribution >= 4 is 46.3 Å². The number of benzene rings is 3. The van der Waals surface area contributed by atoms with Crippen LogP contribution < -0.4 is 10.1 Å². The topological polar surface area (TPSA) is 103 Å². The molecule has 35 heavy (non-hydrogen) atoms. The Morgan fingerprint density at radius 2 is 1.80 bits per heavy atom. The van der Waals surface area contributed by atoms with Crippen LogP contribution in [0.5, 0.6) is 5.75 Å². The normalized spacial score (nSPS) is 11.9. The molecule has 0 aromatic heterocycles. The van der Waals surface area contributed by atoms with Crippen LogP contribution in [0.2, 0.25) is 0 Å². The fourth-order valence-electron chi connectivity index (χ4n) is 3.94. The number of aliphatic hydroxyl groups is 1. The molecule has 3 rings (SSSR count). The maximum Gasteiger partial charge on any atom is 0.303 e. The molecule has 0 saturated heterocycles. The molecular weight excluding hydrogens is 451 g/mol. The van der Waals surface area contributed by atoms with Gasteiger partial charge < -0.3 is 20.3 Å². The molecule has 0 fully saturated rings. The number of ether oxygens (including phenoxy) is 1. The van der Waals surface area contributed by atoms with Gasteiger partial charge in [-0.05, 0) is 67.1 Å². The van der Waals surface area contributed by atoms with Crippen LogP contribution in [0.1, 0.15) is 43.4 Å². The summed E-state index contributed by atoms with van der Waals surface area (Å²) in [4.78, 5) is 10.7. The summed E-state index contributed by atoms with van der Waals surface area (Å²) in [6.07, 6.45) is 1.25. The number of nitrogens with zero attached hydrogens (tertiary/aromatic N) is 1. The predicted molar refractivity (Wildman–Crippen MR) is 139 cm³/mol. The van der Waals surface area contributed by atoms with Gasteiger partial charge in [0.1, 0.15) is 24.5 Å². The molecule has 0 heterocycles. The number of carboxylic acids is 1. The first-order chi connectivity index (χ1) is 16.3. The number of aryl methyl sites for hydroxylation is 1. The van der Waals surface area contributed by atoms with Gasteiger partial charge in [-0.15, -0.1) is 0 Å². The van der Waals surface area contributed by atoms with E-state index in [0.29, 0.717) is 30.7 Å². The zero-order valence-corrected chi connectivity index (χ0v) is 22.8. The third-order valence-electron chi connectivity index (χ3n) is 5.73. The van der Waals surface area contributed by atoms with E-state index in [9.17, 15) is 15.2 Å². The Kier molecular flexibility index (Phi) is 11.2. The largest absolute Gasteiger partial charge is 0.489 e. The number of rotatable bonds is 12. The Balaban J connectivity index is 0.00000432. The fraction of sp³-hybridized carbons (Fsp3) is 0.357. The maximum atomic E-state index is 10.7. The minimum absolute atomic E-state index is 0. The van der Waals surface area contributed by atoms with Crippen LogP contribution in [0.3, 0.4) is 0 Å². The number of carbonyl (C=O) groups is 1. The first-order valence-electron chi connectivity index (χ1n) is 11.5. The van der Waals surface area contributed by atoms with E-state index < -0.39 is 12.1 Å². The number of fused-ring (bicyclic) bond motifs is 1. The first-order valence-corrected chi connectivity index (χ1v) is 11.5. The number of hydrogen-bond donors (Lipinski definition) is 3. The molecule has 0 saturated carbocycles. The molecule has 1 atom stereocenters. The van der Waals surface area contributed by atoms with E-state index >= 15 is 0 Å². The Bertz CT molecular complexity index is 1170. The number of hydrogen-bond acceptors (Lipinski definition) is 5. The quantitative estimate of drug-likeness (QED) is 0.336. The molecular formula is C28H32N2NaO4. The number of aliphatic hydroxyl groups excluding tert-OH is 1. The van der Waals surface area contributed by atoms with Crippen LogP contribution in [-0.4, -0.2) is 70.5 Å². The summed E-state index contributed by atoms with van der Waals surface area (Å²) in [6.45, 7) is 4.60. The minimum atomic E-state index is -0.829. The van der Waals surface area contributed by atoms with Crippen LogP contribution in [0.15, 0.2) is 60.7 Å². The summed E-state index contributed by atoms with van der Waals surface area (Å²) in [7, 11) is 0. The van der Waals surface area contributed by atoms with Crippen LogP contribution in [0.4, 0.5) is 0 Å². The molecule has 0 spiro atoms. The molecule has 179 valence electrons.